The summed E-state index contributed by atoms with van der Waals surface area (Å²) in [6.07, 6.45) is 7.39. The Morgan fingerprint density at radius 3 is 2.88 bits per heavy atom. The van der Waals surface area contributed by atoms with Crippen LogP contribution in [0, 0.1) is 5.41 Å². The molecule has 126 valence electrons. The fourth-order valence-corrected chi connectivity index (χ4v) is 3.60. The molecule has 0 aliphatic carbocycles. The number of thiazole rings is 1. The van der Waals surface area contributed by atoms with Gasteiger partial charge in [0.05, 0.1) is 16.8 Å². The van der Waals surface area contributed by atoms with E-state index < -0.39 is 5.83 Å². The van der Waals surface area contributed by atoms with Crippen molar-refractivity contribution in [2.45, 2.75) is 0 Å². The smallest absolute Gasteiger partial charge is 0.273 e. The van der Waals surface area contributed by atoms with Crippen molar-refractivity contribution >= 4 is 51.0 Å². The maximum atomic E-state index is 12.8. The van der Waals surface area contributed by atoms with Gasteiger partial charge >= 0.3 is 0 Å². The van der Waals surface area contributed by atoms with Crippen LogP contribution >= 0.6 is 23.1 Å². The number of rotatable bonds is 5. The topological polar surface area (TPSA) is 85.7 Å². The number of anilines is 1. The van der Waals surface area contributed by atoms with Gasteiger partial charge in [-0.05, 0) is 29.5 Å². The molecule has 2 aromatic rings. The Labute approximate surface area is 151 Å². The number of hydrogen-bond acceptors (Lipinski definition) is 6. The van der Waals surface area contributed by atoms with E-state index in [0.717, 1.165) is 11.8 Å². The molecule has 2 N–H and O–H groups in total. The van der Waals surface area contributed by atoms with Crippen LogP contribution in [0.15, 0.2) is 53.8 Å². The summed E-state index contributed by atoms with van der Waals surface area (Å²) in [5, 5.41) is 17.0. The lowest BCUT2D eigenvalue weighted by Gasteiger charge is -2.08. The number of allylic oxidation sites excluding steroid dienone is 4. The zero-order chi connectivity index (χ0) is 18.0. The Morgan fingerprint density at radius 2 is 2.20 bits per heavy atom. The molecule has 1 amide bonds. The molecule has 25 heavy (non-hydrogen) atoms. The van der Waals surface area contributed by atoms with E-state index in [4.69, 9.17) is 5.41 Å². The summed E-state index contributed by atoms with van der Waals surface area (Å²) in [6.45, 7) is 7.00. The van der Waals surface area contributed by atoms with Gasteiger partial charge in [-0.3, -0.25) is 15.3 Å². The maximum absolute atomic E-state index is 12.8. The maximum Gasteiger partial charge on any atom is 0.273 e. The van der Waals surface area contributed by atoms with Crippen LogP contribution < -0.4 is 4.90 Å². The summed E-state index contributed by atoms with van der Waals surface area (Å²) in [6, 6.07) is 0. The fraction of sp³-hybridized carbons (Fsp3) is 0. The van der Waals surface area contributed by atoms with Crippen molar-refractivity contribution < 1.29 is 9.18 Å². The Hall–Kier alpha value is -2.78. The molecule has 0 bridgehead atoms. The normalized spacial score (nSPS) is 16.4. The van der Waals surface area contributed by atoms with Crippen LogP contribution in [0.3, 0.4) is 0 Å². The largest absolute Gasteiger partial charge is 0.278 e. The van der Waals surface area contributed by atoms with Crippen molar-refractivity contribution in [2.75, 3.05) is 4.90 Å². The third-order valence-corrected chi connectivity index (χ3v) is 4.82. The highest BCUT2D eigenvalue weighted by Gasteiger charge is 2.35. The number of amidine groups is 1. The van der Waals surface area contributed by atoms with E-state index in [1.165, 1.54) is 34.6 Å². The van der Waals surface area contributed by atoms with Gasteiger partial charge in [0.1, 0.15) is 5.83 Å². The first-order valence-corrected chi connectivity index (χ1v) is 8.64. The molecule has 3 rings (SSSR count). The van der Waals surface area contributed by atoms with Gasteiger partial charge in [0.2, 0.25) is 0 Å². The summed E-state index contributed by atoms with van der Waals surface area (Å²) in [5.74, 6) is -0.912. The van der Waals surface area contributed by atoms with E-state index >= 15 is 0 Å². The number of carbonyl (C=O) groups excluding carboxylic acids is 1. The standard InChI is InChI=1S/C16H12FN5OS2/c1-9(3-4-10(2)17)13-11(8-20-21-13)7-12-14(23)22(15(18)25-12)16-19-5-6-24-16/h3-8,18H,1-2H2,(H,20,21)/b4-3-,12-7-,18-15?. The summed E-state index contributed by atoms with van der Waals surface area (Å²) in [5.41, 5.74) is 1.66. The highest BCUT2D eigenvalue weighted by molar-refractivity contribution is 8.19. The lowest BCUT2D eigenvalue weighted by molar-refractivity contribution is -0.113. The number of nitrogens with one attached hydrogen (secondary N) is 2. The number of H-pyrrole nitrogens is 1. The van der Waals surface area contributed by atoms with Crippen LogP contribution in [0.4, 0.5) is 9.52 Å². The highest BCUT2D eigenvalue weighted by Crippen LogP contribution is 2.36. The Bertz CT molecular complexity index is 926. The van der Waals surface area contributed by atoms with Gasteiger partial charge in [-0.1, -0.05) is 19.2 Å². The molecule has 1 fully saturated rings. The predicted molar refractivity (Wildman–Crippen MR) is 99.9 cm³/mol. The third kappa shape index (κ3) is 3.52. The number of halogens is 1. The average Bonchev–Trinajstić information content (AvgIpc) is 3.27. The first-order valence-electron chi connectivity index (χ1n) is 6.94. The molecule has 0 saturated carbocycles. The molecule has 1 aliphatic rings. The molecule has 6 nitrogen and oxygen atoms in total. The molecule has 9 heteroatoms. The van der Waals surface area contributed by atoms with E-state index in [0.29, 0.717) is 26.9 Å². The monoisotopic (exact) mass is 373 g/mol. The van der Waals surface area contributed by atoms with Crippen molar-refractivity contribution in [1.82, 2.24) is 15.2 Å². The Morgan fingerprint density at radius 1 is 1.40 bits per heavy atom. The second-order valence-corrected chi connectivity index (χ2v) is 6.78. The summed E-state index contributed by atoms with van der Waals surface area (Å²) in [4.78, 5) is 18.3. The van der Waals surface area contributed by atoms with Crippen molar-refractivity contribution in [1.29, 1.82) is 5.41 Å². The van der Waals surface area contributed by atoms with Gasteiger partial charge in [0.25, 0.3) is 5.91 Å². The minimum absolute atomic E-state index is 0.0868. The molecular formula is C16H12FN5OS2. The lowest BCUT2D eigenvalue weighted by Crippen LogP contribution is -2.27. The zero-order valence-electron chi connectivity index (χ0n) is 12.8. The SMILES string of the molecule is C=C(F)/C=C\C(=C)c1[nH]ncc1/C=C1\SC(=N)N(c2nccs2)C1=O. The minimum atomic E-state index is -0.588. The van der Waals surface area contributed by atoms with Crippen LogP contribution in [0.1, 0.15) is 11.3 Å². The number of carbonyl (C=O) groups is 1. The fourth-order valence-electron chi connectivity index (χ4n) is 2.06. The van der Waals surface area contributed by atoms with Crippen molar-refractivity contribution in [3.63, 3.8) is 0 Å². The van der Waals surface area contributed by atoms with Crippen LogP contribution in [-0.2, 0) is 4.79 Å². The second kappa shape index (κ2) is 6.99. The number of thioether (sulfide) groups is 1. The second-order valence-electron chi connectivity index (χ2n) is 4.88. The highest BCUT2D eigenvalue weighted by atomic mass is 32.2. The van der Waals surface area contributed by atoms with Crippen LogP contribution in [0.25, 0.3) is 11.6 Å². The molecule has 0 radical (unpaired) electrons. The Kier molecular flexibility index (Phi) is 4.77. The number of nitrogens with zero attached hydrogens (tertiary/aromatic N) is 3. The van der Waals surface area contributed by atoms with Crippen LogP contribution in [0.5, 0.6) is 0 Å². The van der Waals surface area contributed by atoms with Gasteiger partial charge in [-0.25, -0.2) is 14.3 Å². The van der Waals surface area contributed by atoms with Crippen molar-refractivity contribution in [3.05, 3.63) is 65.1 Å². The quantitative estimate of drug-likeness (QED) is 0.613. The van der Waals surface area contributed by atoms with Crippen molar-refractivity contribution in [2.24, 2.45) is 0 Å². The zero-order valence-corrected chi connectivity index (χ0v) is 14.5. The lowest BCUT2D eigenvalue weighted by atomic mass is 10.1. The van der Waals surface area contributed by atoms with Crippen molar-refractivity contribution in [3.8, 4) is 0 Å². The van der Waals surface area contributed by atoms with Crippen LogP contribution in [-0.4, -0.2) is 26.3 Å². The van der Waals surface area contributed by atoms with E-state index in [1.807, 2.05) is 0 Å². The number of amides is 1. The summed E-state index contributed by atoms with van der Waals surface area (Å²) >= 11 is 2.32. The summed E-state index contributed by atoms with van der Waals surface area (Å²) in [7, 11) is 0. The van der Waals surface area contributed by atoms with Crippen LogP contribution in [0.2, 0.25) is 0 Å². The molecule has 1 aliphatic heterocycles. The third-order valence-electron chi connectivity index (χ3n) is 3.18. The molecule has 1 saturated heterocycles. The summed E-state index contributed by atoms with van der Waals surface area (Å²) < 4.78 is 12.8. The Balaban J connectivity index is 1.89. The molecule has 3 heterocycles. The number of aromatic amines is 1. The van der Waals surface area contributed by atoms with E-state index in [2.05, 4.69) is 28.3 Å². The van der Waals surface area contributed by atoms with Gasteiger partial charge in [-0.2, -0.15) is 5.10 Å². The van der Waals surface area contributed by atoms with Gasteiger partial charge in [0.15, 0.2) is 10.3 Å². The van der Waals surface area contributed by atoms with Gasteiger partial charge in [0, 0.05) is 17.1 Å². The van der Waals surface area contributed by atoms with E-state index in [1.54, 1.807) is 17.7 Å². The first kappa shape index (κ1) is 17.1. The molecule has 0 atom stereocenters. The number of aromatic nitrogens is 3. The average molecular weight is 373 g/mol. The molecule has 0 unspecified atom stereocenters. The van der Waals surface area contributed by atoms with Gasteiger partial charge < -0.3 is 0 Å². The first-order chi connectivity index (χ1) is 12.0. The molecule has 0 aromatic carbocycles. The molecular weight excluding hydrogens is 361 g/mol. The molecule has 2 aromatic heterocycles. The predicted octanol–water partition coefficient (Wildman–Crippen LogP) is 3.97. The van der Waals surface area contributed by atoms with Gasteiger partial charge in [-0.15, -0.1) is 11.3 Å². The van der Waals surface area contributed by atoms with E-state index in [-0.39, 0.29) is 11.1 Å². The molecule has 0 spiro atoms. The van der Waals surface area contributed by atoms with E-state index in [9.17, 15) is 9.18 Å². The minimum Gasteiger partial charge on any atom is -0.278 e. The number of hydrogen-bond donors (Lipinski definition) is 2.